The van der Waals surface area contributed by atoms with Crippen LogP contribution in [0.2, 0.25) is 0 Å². The Hall–Kier alpha value is -3.21. The number of carbonyl (C=O) groups is 1. The van der Waals surface area contributed by atoms with E-state index in [4.69, 9.17) is 5.26 Å². The highest BCUT2D eigenvalue weighted by molar-refractivity contribution is 5.95. The maximum atomic E-state index is 12.2. The molecule has 1 N–H and O–H groups in total. The second kappa shape index (κ2) is 7.90. The number of likely N-dealkylation sites (tertiary alicyclic amines) is 1. The number of carbonyl (C=O) groups excluding carboxylic acids is 1. The third kappa shape index (κ3) is 3.45. The minimum atomic E-state index is -0.151. The summed E-state index contributed by atoms with van der Waals surface area (Å²) in [6.45, 7) is 9.60. The van der Waals surface area contributed by atoms with Crippen molar-refractivity contribution in [2.45, 2.75) is 39.2 Å². The number of allylic oxidation sites excluding steroid dienone is 1. The van der Waals surface area contributed by atoms with Crippen LogP contribution < -0.4 is 4.90 Å². The maximum Gasteiger partial charge on any atom is 0.237 e. The van der Waals surface area contributed by atoms with Gasteiger partial charge < -0.3 is 14.8 Å². The van der Waals surface area contributed by atoms with Crippen LogP contribution in [0.3, 0.4) is 0 Å². The van der Waals surface area contributed by atoms with E-state index in [0.29, 0.717) is 5.92 Å². The van der Waals surface area contributed by atoms with E-state index < -0.39 is 0 Å². The van der Waals surface area contributed by atoms with Gasteiger partial charge in [0.25, 0.3) is 0 Å². The van der Waals surface area contributed by atoms with Crippen molar-refractivity contribution in [3.8, 4) is 6.07 Å². The molecule has 2 saturated heterocycles. The number of aromatic amines is 1. The van der Waals surface area contributed by atoms with Crippen molar-refractivity contribution in [3.63, 3.8) is 0 Å². The highest BCUT2D eigenvalue weighted by atomic mass is 16.2. The van der Waals surface area contributed by atoms with E-state index in [1.807, 2.05) is 30.2 Å². The number of rotatable bonds is 2. The molecule has 0 bridgehead atoms. The first-order valence-corrected chi connectivity index (χ1v) is 10.3. The van der Waals surface area contributed by atoms with Crippen molar-refractivity contribution in [3.05, 3.63) is 30.2 Å². The van der Waals surface area contributed by atoms with Crippen molar-refractivity contribution < 1.29 is 4.79 Å². The molecule has 0 saturated carbocycles. The maximum absolute atomic E-state index is 12.2. The predicted octanol–water partition coefficient (Wildman–Crippen LogP) is 2.71. The van der Waals surface area contributed by atoms with Crippen LogP contribution in [0.25, 0.3) is 11.0 Å². The number of hydrogen-bond acceptors (Lipinski definition) is 6. The molecule has 5 heterocycles. The minimum absolute atomic E-state index is 0.0377. The molecule has 3 aliphatic heterocycles. The third-order valence-corrected chi connectivity index (χ3v) is 6.39. The van der Waals surface area contributed by atoms with E-state index in [2.05, 4.69) is 44.8 Å². The quantitative estimate of drug-likeness (QED) is 0.828. The van der Waals surface area contributed by atoms with E-state index in [9.17, 15) is 4.79 Å². The van der Waals surface area contributed by atoms with Crippen molar-refractivity contribution in [1.82, 2.24) is 19.9 Å². The Balaban J connectivity index is 0.000000265. The highest BCUT2D eigenvalue weighted by Gasteiger charge is 2.56. The Morgan fingerprint density at radius 2 is 2.23 bits per heavy atom. The van der Waals surface area contributed by atoms with Crippen molar-refractivity contribution in [2.75, 3.05) is 31.1 Å². The molecule has 8 heteroatoms. The van der Waals surface area contributed by atoms with E-state index in [0.717, 1.165) is 55.2 Å². The minimum Gasteiger partial charge on any atom is -0.353 e. The molecule has 2 atom stereocenters. The number of H-pyrrole nitrogens is 1. The van der Waals surface area contributed by atoms with Crippen LogP contribution in [-0.4, -0.2) is 63.2 Å². The number of aliphatic imine (C=N–C) groups is 1. The lowest BCUT2D eigenvalue weighted by molar-refractivity contribution is -0.152. The molecule has 0 radical (unpaired) electrons. The molecule has 0 aromatic carbocycles. The molecule has 3 aliphatic rings. The molecule has 5 rings (SSSR count). The summed E-state index contributed by atoms with van der Waals surface area (Å²) in [5.74, 6) is 1.31. The van der Waals surface area contributed by atoms with Crippen LogP contribution in [-0.2, 0) is 4.79 Å². The van der Waals surface area contributed by atoms with Gasteiger partial charge in [-0.2, -0.15) is 5.26 Å². The van der Waals surface area contributed by atoms with Gasteiger partial charge in [-0.3, -0.25) is 9.79 Å². The van der Waals surface area contributed by atoms with E-state index in [1.165, 1.54) is 5.57 Å². The van der Waals surface area contributed by atoms with Gasteiger partial charge in [-0.25, -0.2) is 9.97 Å². The van der Waals surface area contributed by atoms with Crippen LogP contribution in [0.1, 0.15) is 33.6 Å². The van der Waals surface area contributed by atoms with Crippen LogP contribution in [0.4, 0.5) is 5.82 Å². The van der Waals surface area contributed by atoms with Gasteiger partial charge in [-0.15, -0.1) is 0 Å². The number of nitriles is 1. The standard InChI is InChI=1S/C16H18N6O.C6H9N/c1-11-8-22(13(23)2-5-17)16(11)4-7-21(9-16)15-12-3-6-18-14(12)19-10-20-15;1-5-3-6(2)7-4-5/h3,6,10-11H,2,4,7-9H2,1H3,(H,18,19,20);3H,4H2,1-2H3/t11-,16-;/m0./s1. The molecule has 0 unspecified atom stereocenters. The van der Waals surface area contributed by atoms with Gasteiger partial charge in [-0.1, -0.05) is 12.5 Å². The molecular formula is C22H27N7O. The number of hydrogen-bond donors (Lipinski definition) is 1. The lowest BCUT2D eigenvalue weighted by atomic mass is 9.74. The van der Waals surface area contributed by atoms with Crippen molar-refractivity contribution in [2.24, 2.45) is 10.9 Å². The Morgan fingerprint density at radius 1 is 1.40 bits per heavy atom. The van der Waals surface area contributed by atoms with Gasteiger partial charge in [0.05, 0.1) is 23.5 Å². The molecule has 2 aromatic rings. The molecule has 1 amide bonds. The number of anilines is 1. The van der Waals surface area contributed by atoms with Crippen molar-refractivity contribution in [1.29, 1.82) is 5.26 Å². The first kappa shape index (κ1) is 20.1. The summed E-state index contributed by atoms with van der Waals surface area (Å²) >= 11 is 0. The fraction of sp³-hybridized carbons (Fsp3) is 0.500. The van der Waals surface area contributed by atoms with Crippen molar-refractivity contribution >= 4 is 28.5 Å². The largest absolute Gasteiger partial charge is 0.353 e. The lowest BCUT2D eigenvalue weighted by Gasteiger charge is -2.55. The van der Waals surface area contributed by atoms with Gasteiger partial charge >= 0.3 is 0 Å². The summed E-state index contributed by atoms with van der Waals surface area (Å²) in [5.41, 5.74) is 3.21. The fourth-order valence-corrected chi connectivity index (χ4v) is 4.72. The molecular weight excluding hydrogens is 378 g/mol. The zero-order chi connectivity index (χ0) is 21.3. The monoisotopic (exact) mass is 405 g/mol. The number of fused-ring (bicyclic) bond motifs is 1. The van der Waals surface area contributed by atoms with Gasteiger partial charge in [0, 0.05) is 31.5 Å². The van der Waals surface area contributed by atoms with Crippen LogP contribution >= 0.6 is 0 Å². The van der Waals surface area contributed by atoms with E-state index >= 15 is 0 Å². The number of aromatic nitrogens is 3. The Morgan fingerprint density at radius 3 is 2.87 bits per heavy atom. The normalized spacial score (nSPS) is 24.8. The molecule has 156 valence electrons. The molecule has 8 nitrogen and oxygen atoms in total. The molecule has 0 aliphatic carbocycles. The Bertz CT molecular complexity index is 1060. The van der Waals surface area contributed by atoms with Gasteiger partial charge in [0.2, 0.25) is 5.91 Å². The first-order valence-electron chi connectivity index (χ1n) is 10.3. The lowest BCUT2D eigenvalue weighted by Crippen LogP contribution is -2.69. The van der Waals surface area contributed by atoms with Gasteiger partial charge in [0.15, 0.2) is 0 Å². The number of nitrogens with zero attached hydrogens (tertiary/aromatic N) is 6. The molecule has 2 aromatic heterocycles. The smallest absolute Gasteiger partial charge is 0.237 e. The Kier molecular flexibility index (Phi) is 5.29. The van der Waals surface area contributed by atoms with Crippen LogP contribution in [0, 0.1) is 17.2 Å². The number of amides is 1. The molecule has 1 spiro atoms. The summed E-state index contributed by atoms with van der Waals surface area (Å²) in [4.78, 5) is 32.3. The zero-order valence-corrected chi connectivity index (χ0v) is 17.7. The summed E-state index contributed by atoms with van der Waals surface area (Å²) < 4.78 is 0. The summed E-state index contributed by atoms with van der Waals surface area (Å²) in [5, 5.41) is 9.80. The summed E-state index contributed by atoms with van der Waals surface area (Å²) in [7, 11) is 0. The van der Waals surface area contributed by atoms with Crippen LogP contribution in [0.15, 0.2) is 35.2 Å². The van der Waals surface area contributed by atoms with Gasteiger partial charge in [0.1, 0.15) is 24.2 Å². The average molecular weight is 406 g/mol. The predicted molar refractivity (Wildman–Crippen MR) is 116 cm³/mol. The second-order valence-electron chi connectivity index (χ2n) is 8.40. The van der Waals surface area contributed by atoms with E-state index in [1.54, 1.807) is 6.33 Å². The average Bonchev–Trinajstić information content (AvgIpc) is 3.46. The number of nitrogens with one attached hydrogen (secondary N) is 1. The highest BCUT2D eigenvalue weighted by Crippen LogP contribution is 2.45. The fourth-order valence-electron chi connectivity index (χ4n) is 4.72. The third-order valence-electron chi connectivity index (χ3n) is 6.39. The second-order valence-corrected chi connectivity index (χ2v) is 8.40. The Labute approximate surface area is 176 Å². The zero-order valence-electron chi connectivity index (χ0n) is 17.7. The van der Waals surface area contributed by atoms with Gasteiger partial charge in [-0.05, 0) is 38.3 Å². The summed E-state index contributed by atoms with van der Waals surface area (Å²) in [6, 6.07) is 3.96. The summed E-state index contributed by atoms with van der Waals surface area (Å²) in [6.07, 6.45) is 6.43. The molecule has 2 fully saturated rings. The molecule has 30 heavy (non-hydrogen) atoms. The van der Waals surface area contributed by atoms with E-state index in [-0.39, 0.29) is 17.9 Å². The SMILES string of the molecule is CC1=CC(C)=NC1.C[C@H]1CN(C(=O)CC#N)[C@]12CCN(c1ncnc3[nH]ccc13)C2. The topological polar surface area (TPSA) is 101 Å². The van der Waals surface area contributed by atoms with Crippen LogP contribution in [0.5, 0.6) is 0 Å². The first-order chi connectivity index (χ1) is 14.4.